The molecule has 6 heteroatoms. The zero-order valence-corrected chi connectivity index (χ0v) is 13.0. The van der Waals surface area contributed by atoms with Crippen LogP contribution in [0.5, 0.6) is 0 Å². The van der Waals surface area contributed by atoms with Crippen molar-refractivity contribution >= 4 is 17.6 Å². The molecular formula is C14H19N5S. The Morgan fingerprint density at radius 2 is 2.05 bits per heavy atom. The first-order valence-electron chi connectivity index (χ1n) is 6.69. The Bertz CT molecular complexity index is 586. The average molecular weight is 289 g/mol. The molecule has 5 nitrogen and oxygen atoms in total. The number of rotatable bonds is 5. The van der Waals surface area contributed by atoms with Crippen molar-refractivity contribution in [3.63, 3.8) is 0 Å². The van der Waals surface area contributed by atoms with Crippen molar-refractivity contribution in [1.82, 2.24) is 19.9 Å². The minimum Gasteiger partial charge on any atom is -0.370 e. The Labute approximate surface area is 123 Å². The SMILES string of the molecule is CCNc1cc(Sc2nccc(C)n2)nc(C(C)C)n1. The maximum atomic E-state index is 4.57. The highest BCUT2D eigenvalue weighted by Crippen LogP contribution is 2.26. The molecule has 0 aliphatic carbocycles. The zero-order valence-electron chi connectivity index (χ0n) is 12.2. The maximum Gasteiger partial charge on any atom is 0.194 e. The van der Waals surface area contributed by atoms with Gasteiger partial charge in [-0.2, -0.15) is 0 Å². The minimum absolute atomic E-state index is 0.284. The van der Waals surface area contributed by atoms with E-state index in [-0.39, 0.29) is 5.92 Å². The van der Waals surface area contributed by atoms with E-state index in [0.29, 0.717) is 5.16 Å². The van der Waals surface area contributed by atoms with Crippen molar-refractivity contribution in [3.8, 4) is 0 Å². The molecule has 2 rings (SSSR count). The number of hydrogen-bond acceptors (Lipinski definition) is 6. The van der Waals surface area contributed by atoms with Crippen molar-refractivity contribution in [2.45, 2.75) is 43.8 Å². The predicted octanol–water partition coefficient (Wildman–Crippen LogP) is 3.28. The topological polar surface area (TPSA) is 63.6 Å². The molecule has 0 bridgehead atoms. The van der Waals surface area contributed by atoms with E-state index in [9.17, 15) is 0 Å². The van der Waals surface area contributed by atoms with Crippen LogP contribution in [-0.4, -0.2) is 26.5 Å². The van der Waals surface area contributed by atoms with Crippen LogP contribution in [0.25, 0.3) is 0 Å². The van der Waals surface area contributed by atoms with Crippen LogP contribution >= 0.6 is 11.8 Å². The number of aryl methyl sites for hydroxylation is 1. The van der Waals surface area contributed by atoms with E-state index in [2.05, 4.69) is 39.1 Å². The standard InChI is InChI=1S/C14H19N5S/c1-5-15-11-8-12(19-13(18-11)9(2)3)20-14-16-7-6-10(4)17-14/h6-9H,5H2,1-4H3,(H,15,18,19). The van der Waals surface area contributed by atoms with Gasteiger partial charge < -0.3 is 5.32 Å². The summed E-state index contributed by atoms with van der Waals surface area (Å²) in [6.07, 6.45) is 1.76. The quantitative estimate of drug-likeness (QED) is 0.673. The van der Waals surface area contributed by atoms with Gasteiger partial charge in [-0.25, -0.2) is 19.9 Å². The fourth-order valence-corrected chi connectivity index (χ4v) is 2.39. The van der Waals surface area contributed by atoms with E-state index in [0.717, 1.165) is 28.9 Å². The second kappa shape index (κ2) is 6.65. The normalized spacial score (nSPS) is 10.8. The second-order valence-electron chi connectivity index (χ2n) is 4.72. The van der Waals surface area contributed by atoms with Crippen LogP contribution in [0.4, 0.5) is 5.82 Å². The van der Waals surface area contributed by atoms with Crippen LogP contribution in [0.1, 0.15) is 38.2 Å². The molecule has 0 aliphatic heterocycles. The number of hydrogen-bond donors (Lipinski definition) is 1. The summed E-state index contributed by atoms with van der Waals surface area (Å²) in [5.74, 6) is 1.96. The van der Waals surface area contributed by atoms with Crippen molar-refractivity contribution < 1.29 is 0 Å². The molecule has 0 saturated heterocycles. The van der Waals surface area contributed by atoms with E-state index in [4.69, 9.17) is 0 Å². The van der Waals surface area contributed by atoms with Gasteiger partial charge in [0.25, 0.3) is 0 Å². The summed E-state index contributed by atoms with van der Waals surface area (Å²) in [4.78, 5) is 17.7. The number of anilines is 1. The highest BCUT2D eigenvalue weighted by molar-refractivity contribution is 7.99. The van der Waals surface area contributed by atoms with Gasteiger partial charge in [-0.1, -0.05) is 13.8 Å². The van der Waals surface area contributed by atoms with Crippen LogP contribution in [0, 0.1) is 6.92 Å². The average Bonchev–Trinajstić information content (AvgIpc) is 2.38. The minimum atomic E-state index is 0.284. The third kappa shape index (κ3) is 3.90. The summed E-state index contributed by atoms with van der Waals surface area (Å²) >= 11 is 1.46. The maximum absolute atomic E-state index is 4.57. The highest BCUT2D eigenvalue weighted by Gasteiger charge is 2.10. The number of nitrogens with zero attached hydrogens (tertiary/aromatic N) is 4. The van der Waals surface area contributed by atoms with Crippen LogP contribution in [-0.2, 0) is 0 Å². The van der Waals surface area contributed by atoms with Gasteiger partial charge in [-0.3, -0.25) is 0 Å². The van der Waals surface area contributed by atoms with Gasteiger partial charge in [-0.15, -0.1) is 0 Å². The van der Waals surface area contributed by atoms with Gasteiger partial charge >= 0.3 is 0 Å². The third-order valence-corrected chi connectivity index (χ3v) is 3.36. The fourth-order valence-electron chi connectivity index (χ4n) is 1.59. The Morgan fingerprint density at radius 3 is 2.70 bits per heavy atom. The summed E-state index contributed by atoms with van der Waals surface area (Å²) < 4.78 is 0. The Morgan fingerprint density at radius 1 is 1.25 bits per heavy atom. The van der Waals surface area contributed by atoms with E-state index in [1.165, 1.54) is 11.8 Å². The first-order chi connectivity index (χ1) is 9.58. The summed E-state index contributed by atoms with van der Waals surface area (Å²) in [6.45, 7) is 9.01. The van der Waals surface area contributed by atoms with Gasteiger partial charge in [0.15, 0.2) is 5.16 Å². The van der Waals surface area contributed by atoms with Gasteiger partial charge in [0.2, 0.25) is 0 Å². The predicted molar refractivity (Wildman–Crippen MR) is 81.2 cm³/mol. The molecule has 106 valence electrons. The number of aromatic nitrogens is 4. The summed E-state index contributed by atoms with van der Waals surface area (Å²) in [5, 5.41) is 4.81. The lowest BCUT2D eigenvalue weighted by atomic mass is 10.2. The monoisotopic (exact) mass is 289 g/mol. The van der Waals surface area contributed by atoms with E-state index >= 15 is 0 Å². The molecule has 0 aliphatic rings. The lowest BCUT2D eigenvalue weighted by Crippen LogP contribution is -2.05. The molecule has 0 aromatic carbocycles. The molecule has 0 radical (unpaired) electrons. The van der Waals surface area contributed by atoms with Crippen LogP contribution in [0.2, 0.25) is 0 Å². The molecule has 0 spiro atoms. The fraction of sp³-hybridized carbons (Fsp3) is 0.429. The van der Waals surface area contributed by atoms with Crippen molar-refractivity contribution in [1.29, 1.82) is 0 Å². The molecule has 2 aromatic heterocycles. The number of nitrogens with one attached hydrogen (secondary N) is 1. The van der Waals surface area contributed by atoms with Crippen LogP contribution in [0.15, 0.2) is 28.5 Å². The second-order valence-corrected chi connectivity index (χ2v) is 5.70. The first-order valence-corrected chi connectivity index (χ1v) is 7.50. The van der Waals surface area contributed by atoms with Gasteiger partial charge in [0, 0.05) is 30.4 Å². The van der Waals surface area contributed by atoms with Gasteiger partial charge in [-0.05, 0) is 31.7 Å². The molecule has 0 amide bonds. The molecule has 1 N–H and O–H groups in total. The highest BCUT2D eigenvalue weighted by atomic mass is 32.2. The smallest absolute Gasteiger partial charge is 0.194 e. The van der Waals surface area contributed by atoms with E-state index < -0.39 is 0 Å². The molecule has 2 heterocycles. The van der Waals surface area contributed by atoms with E-state index in [1.807, 2.05) is 26.0 Å². The summed E-state index contributed by atoms with van der Waals surface area (Å²) in [7, 11) is 0. The van der Waals surface area contributed by atoms with Gasteiger partial charge in [0.05, 0.1) is 0 Å². The third-order valence-electron chi connectivity index (χ3n) is 2.56. The lowest BCUT2D eigenvalue weighted by Gasteiger charge is -2.10. The van der Waals surface area contributed by atoms with Crippen LogP contribution in [0.3, 0.4) is 0 Å². The summed E-state index contributed by atoms with van der Waals surface area (Å²) in [6, 6.07) is 3.82. The molecule has 0 saturated carbocycles. The Hall–Kier alpha value is -1.69. The molecule has 0 unspecified atom stereocenters. The van der Waals surface area contributed by atoms with Gasteiger partial charge in [0.1, 0.15) is 16.7 Å². The molecule has 20 heavy (non-hydrogen) atoms. The van der Waals surface area contributed by atoms with E-state index in [1.54, 1.807) is 6.20 Å². The van der Waals surface area contributed by atoms with Crippen molar-refractivity contribution in [2.24, 2.45) is 0 Å². The Kier molecular flexibility index (Phi) is 4.89. The molecule has 0 fully saturated rings. The van der Waals surface area contributed by atoms with Crippen LogP contribution < -0.4 is 5.32 Å². The molecule has 0 atom stereocenters. The Balaban J connectivity index is 2.30. The largest absolute Gasteiger partial charge is 0.370 e. The lowest BCUT2D eigenvalue weighted by molar-refractivity contribution is 0.753. The van der Waals surface area contributed by atoms with Crippen molar-refractivity contribution in [2.75, 3.05) is 11.9 Å². The molecule has 2 aromatic rings. The van der Waals surface area contributed by atoms with Crippen molar-refractivity contribution in [3.05, 3.63) is 29.8 Å². The zero-order chi connectivity index (χ0) is 14.5. The molecular weight excluding hydrogens is 270 g/mol. The summed E-state index contributed by atoms with van der Waals surface area (Å²) in [5.41, 5.74) is 0.951. The first kappa shape index (κ1) is 14.7.